The van der Waals surface area contributed by atoms with Crippen molar-refractivity contribution in [2.45, 2.75) is 105 Å². The molecule has 0 amide bonds. The molecule has 12 heteroatoms. The summed E-state index contributed by atoms with van der Waals surface area (Å²) in [6.45, 7) is 20.8. The number of para-hydroxylation sites is 2. The normalized spacial score (nSPS) is 13.2. The summed E-state index contributed by atoms with van der Waals surface area (Å²) in [6, 6.07) is 9.88. The van der Waals surface area contributed by atoms with E-state index in [0.29, 0.717) is 47.9 Å². The fourth-order valence-corrected chi connectivity index (χ4v) is 12.5. The zero-order chi connectivity index (χ0) is 32.5. The van der Waals surface area contributed by atoms with Gasteiger partial charge in [0.05, 0.1) is 5.69 Å². The first-order chi connectivity index (χ1) is 19.2. The van der Waals surface area contributed by atoms with E-state index in [-0.39, 0.29) is 36.9 Å². The molecule has 0 unspecified atom stereocenters. The average Bonchev–Trinajstić information content (AvgIpc) is 2.84. The number of aryl methyl sites for hydroxylation is 4. The molecule has 0 aliphatic heterocycles. The van der Waals surface area contributed by atoms with Crippen LogP contribution in [0.15, 0.2) is 53.2 Å². The summed E-state index contributed by atoms with van der Waals surface area (Å²) in [5, 5.41) is 3.71. The number of alkyl halides is 6. The SMILES string of the molecule is CCc1cccc(CC)c1N=C(/C=C(\[N-]c1c(CC)cccc1CC)C(F)(F)F)C(F)(F)F.C[Si](C)(C)[N-][Si](C)(C)C.[Zn+2]. The minimum atomic E-state index is -5.10. The molecule has 2 rings (SSSR count). The van der Waals surface area contributed by atoms with Crippen LogP contribution in [0, 0.1) is 0 Å². The summed E-state index contributed by atoms with van der Waals surface area (Å²) in [5.41, 5.74) is -1.06. The van der Waals surface area contributed by atoms with Crippen molar-refractivity contribution in [1.82, 2.24) is 0 Å². The number of nitrogens with zero attached hydrogens (tertiary/aromatic N) is 3. The zero-order valence-corrected chi connectivity index (χ0v) is 32.2. The van der Waals surface area contributed by atoms with Gasteiger partial charge in [-0.25, -0.2) is 4.99 Å². The summed E-state index contributed by atoms with van der Waals surface area (Å²) in [5.74, 6) is 0. The summed E-state index contributed by atoms with van der Waals surface area (Å²) in [6.07, 6.45) is -8.63. The molecule has 0 saturated heterocycles. The van der Waals surface area contributed by atoms with Gasteiger partial charge in [-0.2, -0.15) is 26.3 Å². The summed E-state index contributed by atoms with van der Waals surface area (Å²) < 4.78 is 88.0. The van der Waals surface area contributed by atoms with Gasteiger partial charge in [0.2, 0.25) is 0 Å². The van der Waals surface area contributed by atoms with Gasteiger partial charge in [-0.3, -0.25) is 0 Å². The smallest absolute Gasteiger partial charge is 0.668 e. The molecular formula is C31H45F6N3Si2Zn. The first-order valence-electron chi connectivity index (χ1n) is 14.3. The number of hydrogen-bond donors (Lipinski definition) is 0. The van der Waals surface area contributed by atoms with Crippen LogP contribution in [-0.2, 0) is 45.2 Å². The number of hydrogen-bond acceptors (Lipinski definition) is 1. The minimum Gasteiger partial charge on any atom is -0.668 e. The Hall–Kier alpha value is -1.75. The predicted molar refractivity (Wildman–Crippen MR) is 171 cm³/mol. The van der Waals surface area contributed by atoms with E-state index >= 15 is 0 Å². The fraction of sp³-hybridized carbons (Fsp3) is 0.516. The Balaban J connectivity index is 0.00000153. The van der Waals surface area contributed by atoms with Crippen LogP contribution in [0.3, 0.4) is 0 Å². The summed E-state index contributed by atoms with van der Waals surface area (Å²) in [7, 11) is -2.21. The molecule has 0 radical (unpaired) electrons. The number of benzene rings is 2. The molecule has 0 atom stereocenters. The number of allylic oxidation sites excluding steroid dienone is 2. The number of rotatable bonds is 10. The molecule has 3 nitrogen and oxygen atoms in total. The van der Waals surface area contributed by atoms with E-state index in [1.54, 1.807) is 64.1 Å². The number of aliphatic imine (C=N–C) groups is 1. The van der Waals surface area contributed by atoms with Gasteiger partial charge in [0, 0.05) is 0 Å². The van der Waals surface area contributed by atoms with Crippen molar-refractivity contribution in [2.75, 3.05) is 0 Å². The van der Waals surface area contributed by atoms with Crippen molar-refractivity contribution in [3.8, 4) is 0 Å². The van der Waals surface area contributed by atoms with Crippen molar-refractivity contribution in [2.24, 2.45) is 4.99 Å². The van der Waals surface area contributed by atoms with Gasteiger partial charge in [0.15, 0.2) is 0 Å². The van der Waals surface area contributed by atoms with Crippen LogP contribution in [0.25, 0.3) is 9.96 Å². The zero-order valence-electron chi connectivity index (χ0n) is 27.2. The van der Waals surface area contributed by atoms with Crippen molar-refractivity contribution in [3.63, 3.8) is 0 Å². The molecule has 0 aliphatic carbocycles. The molecular weight excluding hydrogens is 650 g/mol. The van der Waals surface area contributed by atoms with Crippen LogP contribution in [0.2, 0.25) is 39.3 Å². The van der Waals surface area contributed by atoms with Gasteiger partial charge in [-0.15, -0.1) is 5.69 Å². The molecule has 0 aliphatic rings. The molecule has 2 aromatic rings. The molecule has 0 bridgehead atoms. The molecule has 236 valence electrons. The second-order valence-electron chi connectivity index (χ2n) is 11.9. The molecule has 0 heterocycles. The number of halogens is 6. The standard InChI is InChI=1S/C25H27F6N2.C6H18NSi2.Zn/c1-5-16-11-9-12-17(6-2)22(16)32-20(24(26,27)28)15-21(25(29,30)31)33-23-18(7-3)13-10-14-19(23)8-4;1-8(2,3)7-9(4,5)6;/h9-15H,5-8H2,1-4H3;1-6H3;/q2*-1;+2/b20-15-,33-21?;;. The van der Waals surface area contributed by atoms with Gasteiger partial charge in [0.25, 0.3) is 0 Å². The van der Waals surface area contributed by atoms with Crippen LogP contribution in [-0.4, -0.2) is 34.5 Å². The quantitative estimate of drug-likeness (QED) is 0.135. The van der Waals surface area contributed by atoms with Crippen LogP contribution in [0.4, 0.5) is 37.7 Å². The van der Waals surface area contributed by atoms with Crippen molar-refractivity contribution < 1.29 is 45.8 Å². The monoisotopic (exact) mass is 693 g/mol. The maximum atomic E-state index is 13.9. The van der Waals surface area contributed by atoms with Gasteiger partial charge in [-0.05, 0) is 42.9 Å². The maximum absolute atomic E-state index is 13.9. The Morgan fingerprint density at radius 2 is 1.05 bits per heavy atom. The van der Waals surface area contributed by atoms with Gasteiger partial charge in [-0.1, -0.05) is 137 Å². The molecule has 0 aromatic heterocycles. The third-order valence-electron chi connectivity index (χ3n) is 5.92. The van der Waals surface area contributed by atoms with E-state index in [2.05, 4.69) is 49.6 Å². The molecule has 43 heavy (non-hydrogen) atoms. The molecule has 0 N–H and O–H groups in total. The van der Waals surface area contributed by atoms with E-state index in [4.69, 9.17) is 4.65 Å². The van der Waals surface area contributed by atoms with Gasteiger partial charge >= 0.3 is 31.8 Å². The van der Waals surface area contributed by atoms with Gasteiger partial charge in [0.1, 0.15) is 5.71 Å². The van der Waals surface area contributed by atoms with Crippen molar-refractivity contribution in [3.05, 3.63) is 80.4 Å². The fourth-order valence-electron chi connectivity index (χ4n) is 4.45. The second-order valence-corrected chi connectivity index (χ2v) is 21.4. The van der Waals surface area contributed by atoms with Crippen LogP contribution < -0.4 is 0 Å². The van der Waals surface area contributed by atoms with Crippen LogP contribution in [0.5, 0.6) is 0 Å². The summed E-state index contributed by atoms with van der Waals surface area (Å²) >= 11 is 0. The minimum absolute atomic E-state index is 0. The third-order valence-corrected chi connectivity index (χ3v) is 11.3. The van der Waals surface area contributed by atoms with Crippen LogP contribution >= 0.6 is 0 Å². The summed E-state index contributed by atoms with van der Waals surface area (Å²) in [4.78, 5) is 3.71. The predicted octanol–water partition coefficient (Wildman–Crippen LogP) is 11.7. The first-order valence-corrected chi connectivity index (χ1v) is 21.2. The van der Waals surface area contributed by atoms with E-state index in [1.807, 2.05) is 0 Å². The molecule has 2 aromatic carbocycles. The Kier molecular flexibility index (Phi) is 16.4. The first kappa shape index (κ1) is 41.2. The third kappa shape index (κ3) is 14.3. The van der Waals surface area contributed by atoms with Crippen molar-refractivity contribution >= 4 is 33.6 Å². The van der Waals surface area contributed by atoms with Crippen LogP contribution in [0.1, 0.15) is 49.9 Å². The maximum Gasteiger partial charge on any atom is 2.00 e. The Morgan fingerprint density at radius 1 is 0.674 bits per heavy atom. The van der Waals surface area contributed by atoms with E-state index in [9.17, 15) is 26.3 Å². The topological polar surface area (TPSA) is 40.6 Å². The van der Waals surface area contributed by atoms with E-state index in [0.717, 1.165) is 0 Å². The van der Waals surface area contributed by atoms with Gasteiger partial charge < -0.3 is 9.96 Å². The van der Waals surface area contributed by atoms with E-state index in [1.165, 1.54) is 0 Å². The Bertz CT molecular complexity index is 1170. The largest absolute Gasteiger partial charge is 2.00 e. The average molecular weight is 695 g/mol. The molecule has 0 fully saturated rings. The Labute approximate surface area is 269 Å². The van der Waals surface area contributed by atoms with Crippen molar-refractivity contribution in [1.29, 1.82) is 0 Å². The molecule has 0 saturated carbocycles. The Morgan fingerprint density at radius 3 is 1.33 bits per heavy atom. The second kappa shape index (κ2) is 17.1. The molecule has 0 spiro atoms. The van der Waals surface area contributed by atoms with E-state index < -0.39 is 40.2 Å².